The van der Waals surface area contributed by atoms with Crippen LogP contribution < -0.4 is 16.4 Å². The maximum atomic E-state index is 13.1. The maximum Gasteiger partial charge on any atom is 0.377 e. The number of amides is 1. The van der Waals surface area contributed by atoms with Gasteiger partial charge in [0.25, 0.3) is 0 Å². The van der Waals surface area contributed by atoms with E-state index in [1.807, 2.05) is 4.90 Å². The summed E-state index contributed by atoms with van der Waals surface area (Å²) in [7, 11) is 0. The van der Waals surface area contributed by atoms with Crippen LogP contribution in [0.3, 0.4) is 0 Å². The third-order valence-corrected chi connectivity index (χ3v) is 10.2. The number of ether oxygens (including phenoxy) is 2. The Morgan fingerprint density at radius 1 is 0.481 bits per heavy atom. The first kappa shape index (κ1) is 51.0. The molecule has 0 aromatic heterocycles. The monoisotopic (exact) mass is 734 g/mol. The van der Waals surface area contributed by atoms with E-state index in [-0.39, 0.29) is 5.91 Å². The van der Waals surface area contributed by atoms with Crippen molar-refractivity contribution in [1.82, 2.24) is 4.90 Å². The minimum atomic E-state index is -0.474. The molecule has 1 atom stereocenters. The average Bonchev–Trinajstić information content (AvgIpc) is 3.15. The predicted molar refractivity (Wildman–Crippen MR) is 228 cm³/mol. The first-order valence-corrected chi connectivity index (χ1v) is 22.9. The van der Waals surface area contributed by atoms with E-state index < -0.39 is 6.04 Å². The Morgan fingerprint density at radius 2 is 0.827 bits per heavy atom. The summed E-state index contributed by atoms with van der Waals surface area (Å²) < 4.78 is 11.9. The van der Waals surface area contributed by atoms with Crippen LogP contribution in [-0.2, 0) is 14.3 Å². The number of hydrogen-bond acceptors (Lipinski definition) is 5. The highest BCUT2D eigenvalue weighted by atomic mass is 16.5. The smallest absolute Gasteiger partial charge is 0.375 e. The van der Waals surface area contributed by atoms with E-state index in [4.69, 9.17) is 20.9 Å². The molecule has 0 aliphatic carbocycles. The van der Waals surface area contributed by atoms with Gasteiger partial charge in [-0.2, -0.15) is 0 Å². The molecule has 0 bridgehead atoms. The molecule has 6 nitrogen and oxygen atoms in total. The number of carbonyl (C=O) groups is 1. The maximum absolute atomic E-state index is 13.1. The first-order valence-electron chi connectivity index (χ1n) is 22.9. The van der Waals surface area contributed by atoms with Gasteiger partial charge in [0.15, 0.2) is 13.1 Å². The third kappa shape index (κ3) is 38.7. The molecule has 0 aliphatic rings. The number of rotatable bonds is 43. The predicted octanol–water partition coefficient (Wildman–Crippen LogP) is 12.2. The van der Waals surface area contributed by atoms with Gasteiger partial charge in [-0.25, -0.2) is 4.79 Å². The van der Waals surface area contributed by atoms with Crippen molar-refractivity contribution in [1.29, 1.82) is 0 Å². The summed E-state index contributed by atoms with van der Waals surface area (Å²) in [5, 5.41) is 0. The second kappa shape index (κ2) is 44.3. The molecular weight excluding hydrogens is 643 g/mol. The molecule has 4 N–H and O–H groups in total. The van der Waals surface area contributed by atoms with Crippen molar-refractivity contribution >= 4 is 5.91 Å². The van der Waals surface area contributed by atoms with Crippen LogP contribution in [0.15, 0.2) is 24.3 Å². The van der Waals surface area contributed by atoms with E-state index in [1.165, 1.54) is 167 Å². The van der Waals surface area contributed by atoms with Crippen molar-refractivity contribution in [2.75, 3.05) is 46.1 Å². The van der Waals surface area contributed by atoms with Crippen molar-refractivity contribution in [3.63, 3.8) is 0 Å². The van der Waals surface area contributed by atoms with Gasteiger partial charge in [0.1, 0.15) is 19.3 Å². The Bertz CT molecular complexity index is 711. The summed E-state index contributed by atoms with van der Waals surface area (Å²) >= 11 is 0. The van der Waals surface area contributed by atoms with Crippen LogP contribution in [0.2, 0.25) is 0 Å². The number of carbonyl (C=O) groups excluding carboxylic acids is 1. The third-order valence-electron chi connectivity index (χ3n) is 10.2. The van der Waals surface area contributed by atoms with Crippen molar-refractivity contribution in [2.24, 2.45) is 11.5 Å². The van der Waals surface area contributed by atoms with Gasteiger partial charge in [-0.3, -0.25) is 0 Å². The number of allylic oxidation sites excluding steroid dienone is 4. The van der Waals surface area contributed by atoms with Gasteiger partial charge in [0, 0.05) is 13.2 Å². The van der Waals surface area contributed by atoms with Crippen LogP contribution in [-0.4, -0.2) is 58.0 Å². The molecule has 1 amide bonds. The Morgan fingerprint density at radius 3 is 1.19 bits per heavy atom. The molecule has 0 saturated carbocycles. The summed E-state index contributed by atoms with van der Waals surface area (Å²) in [5.41, 5.74) is 11.9. The van der Waals surface area contributed by atoms with E-state index in [2.05, 4.69) is 38.2 Å². The zero-order valence-electron chi connectivity index (χ0n) is 35.1. The molecule has 1 radical (unpaired) electrons. The molecule has 6 heteroatoms. The van der Waals surface area contributed by atoms with E-state index in [1.54, 1.807) is 0 Å². The topological polar surface area (TPSA) is 93.5 Å². The molecule has 0 unspecified atom stereocenters. The lowest BCUT2D eigenvalue weighted by Crippen LogP contribution is -2.50. The Labute approximate surface area is 325 Å². The molecule has 0 aliphatic heterocycles. The van der Waals surface area contributed by atoms with Crippen LogP contribution in [0.5, 0.6) is 0 Å². The van der Waals surface area contributed by atoms with Gasteiger partial charge in [-0.15, -0.1) is 0 Å². The Kier molecular flexibility index (Phi) is 43.5. The Hall–Kier alpha value is -1.05. The molecule has 0 saturated heterocycles. The standard InChI is InChI=1S/C46H91N3O3/c1-3-5-7-9-11-13-15-17-19-21-23-25-27-29-31-35-41-51-43-39-49(46(50)45(48)37-33-34-38-47)40-44-52-42-36-32-30-28-26-24-22-20-18-16-14-12-10-8-6-4-2/h17-20,45H,3-16,21-44,47-48H2,1-2H3/q+1/b19-17-,20-18-/t45-/m0/s1. The van der Waals surface area contributed by atoms with Crippen molar-refractivity contribution in [2.45, 2.75) is 219 Å². The fourth-order valence-corrected chi connectivity index (χ4v) is 6.66. The summed E-state index contributed by atoms with van der Waals surface area (Å²) in [5.74, 6) is 0.0127. The van der Waals surface area contributed by atoms with E-state index >= 15 is 0 Å². The number of nitrogens with zero attached hydrogens (tertiary/aromatic N) is 1. The normalized spacial score (nSPS) is 12.6. The quantitative estimate of drug-likeness (QED) is 0.0370. The molecule has 0 aromatic carbocycles. The molecule has 0 aromatic rings. The summed E-state index contributed by atoms with van der Waals surface area (Å²) in [4.78, 5) is 15.0. The van der Waals surface area contributed by atoms with Gasteiger partial charge in [-0.05, 0) is 90.0 Å². The molecule has 0 heterocycles. The van der Waals surface area contributed by atoms with Crippen LogP contribution in [0.4, 0.5) is 0 Å². The van der Waals surface area contributed by atoms with Crippen molar-refractivity contribution < 1.29 is 14.3 Å². The average molecular weight is 734 g/mol. The second-order valence-corrected chi connectivity index (χ2v) is 15.3. The van der Waals surface area contributed by atoms with Crippen LogP contribution in [0, 0.1) is 0 Å². The highest BCUT2D eigenvalue weighted by Crippen LogP contribution is 2.12. The molecular formula is C46H91N3O3+. The lowest BCUT2D eigenvalue weighted by Gasteiger charge is -2.15. The van der Waals surface area contributed by atoms with E-state index in [0.29, 0.717) is 39.3 Å². The number of hydrogen-bond donors (Lipinski definition) is 2. The van der Waals surface area contributed by atoms with Gasteiger partial charge in [0.05, 0.1) is 0 Å². The fraction of sp³-hybridized carbons (Fsp3) is 0.891. The van der Waals surface area contributed by atoms with Crippen LogP contribution >= 0.6 is 0 Å². The van der Waals surface area contributed by atoms with E-state index in [9.17, 15) is 4.79 Å². The zero-order chi connectivity index (χ0) is 37.8. The van der Waals surface area contributed by atoms with E-state index in [0.717, 1.165) is 38.9 Å². The lowest BCUT2D eigenvalue weighted by atomic mass is 10.1. The fourth-order valence-electron chi connectivity index (χ4n) is 6.66. The van der Waals surface area contributed by atoms with Gasteiger partial charge in [0.2, 0.25) is 0 Å². The lowest BCUT2D eigenvalue weighted by molar-refractivity contribution is -0.128. The number of nitrogens with two attached hydrogens (primary N) is 2. The minimum Gasteiger partial charge on any atom is -0.375 e. The second-order valence-electron chi connectivity index (χ2n) is 15.3. The highest BCUT2D eigenvalue weighted by molar-refractivity contribution is 5.83. The van der Waals surface area contributed by atoms with Gasteiger partial charge < -0.3 is 20.9 Å². The van der Waals surface area contributed by atoms with Crippen LogP contribution in [0.1, 0.15) is 213 Å². The van der Waals surface area contributed by atoms with Crippen molar-refractivity contribution in [3.8, 4) is 0 Å². The summed E-state index contributed by atoms with van der Waals surface area (Å²) in [6, 6.07) is -0.474. The van der Waals surface area contributed by atoms with Crippen LogP contribution in [0.25, 0.3) is 0 Å². The summed E-state index contributed by atoms with van der Waals surface area (Å²) in [6.45, 7) is 8.99. The largest absolute Gasteiger partial charge is 0.377 e. The molecule has 0 rings (SSSR count). The molecule has 0 spiro atoms. The highest BCUT2D eigenvalue weighted by Gasteiger charge is 2.31. The molecule has 307 valence electrons. The number of unbranched alkanes of at least 4 members (excludes halogenated alkanes) is 25. The van der Waals surface area contributed by atoms with Crippen molar-refractivity contribution in [3.05, 3.63) is 24.3 Å². The molecule has 52 heavy (non-hydrogen) atoms. The Balaban J connectivity index is 3.92. The first-order chi connectivity index (χ1) is 25.7. The summed E-state index contributed by atoms with van der Waals surface area (Å²) in [6.07, 6.45) is 48.6. The van der Waals surface area contributed by atoms with Gasteiger partial charge >= 0.3 is 5.91 Å². The zero-order valence-corrected chi connectivity index (χ0v) is 35.1. The van der Waals surface area contributed by atoms with Gasteiger partial charge in [-0.1, -0.05) is 159 Å². The molecule has 0 fully saturated rings. The minimum absolute atomic E-state index is 0.0127. The SMILES string of the molecule is CCCCCCCC/C=C\CCCCCCCCOCC[N+](CCOCCCCCCCC/C=C\CCCCCCCC)C(=O)[C@@H](N)CCCCN.